The number of esters is 2. The van der Waals surface area contributed by atoms with E-state index in [0.29, 0.717) is 5.56 Å². The molecule has 1 saturated heterocycles. The fourth-order valence-electron chi connectivity index (χ4n) is 4.42. The molecule has 0 atom stereocenters. The fourth-order valence-corrected chi connectivity index (χ4v) is 4.42. The van der Waals surface area contributed by atoms with Gasteiger partial charge in [-0.25, -0.2) is 9.59 Å². The number of para-hydroxylation sites is 1. The lowest BCUT2D eigenvalue weighted by Gasteiger charge is -2.33. The number of benzene rings is 2. The smallest absolute Gasteiger partial charge is 0.349 e. The third-order valence-corrected chi connectivity index (χ3v) is 6.26. The van der Waals surface area contributed by atoms with E-state index in [2.05, 4.69) is 37.8 Å². The number of unbranched alkanes of at least 4 members (excludes halogenated alkanes) is 1. The minimum Gasteiger partial charge on any atom is -0.414 e. The van der Waals surface area contributed by atoms with Gasteiger partial charge in [0.1, 0.15) is 5.57 Å². The van der Waals surface area contributed by atoms with E-state index in [1.807, 2.05) is 36.4 Å². The van der Waals surface area contributed by atoms with E-state index in [4.69, 9.17) is 9.47 Å². The van der Waals surface area contributed by atoms with Gasteiger partial charge in [-0.2, -0.15) is 0 Å². The third-order valence-electron chi connectivity index (χ3n) is 6.26. The molecule has 2 heterocycles. The van der Waals surface area contributed by atoms with Gasteiger partial charge in [-0.15, -0.1) is 0 Å². The van der Waals surface area contributed by atoms with Gasteiger partial charge in [0.2, 0.25) is 0 Å². The Kier molecular flexibility index (Phi) is 5.68. The summed E-state index contributed by atoms with van der Waals surface area (Å²) >= 11 is 0. The van der Waals surface area contributed by atoms with Crippen molar-refractivity contribution in [2.45, 2.75) is 51.7 Å². The zero-order valence-electron chi connectivity index (χ0n) is 19.1. The summed E-state index contributed by atoms with van der Waals surface area (Å²) in [5.41, 5.74) is 3.68. The quantitative estimate of drug-likeness (QED) is 0.362. The predicted molar refractivity (Wildman–Crippen MR) is 124 cm³/mol. The van der Waals surface area contributed by atoms with Crippen molar-refractivity contribution in [3.63, 3.8) is 0 Å². The highest BCUT2D eigenvalue weighted by Crippen LogP contribution is 2.47. The van der Waals surface area contributed by atoms with Crippen LogP contribution in [-0.4, -0.2) is 18.5 Å². The van der Waals surface area contributed by atoms with Crippen LogP contribution >= 0.6 is 0 Å². The first-order chi connectivity index (χ1) is 15.3. The molecule has 0 bridgehead atoms. The van der Waals surface area contributed by atoms with Crippen LogP contribution in [0.15, 0.2) is 78.0 Å². The summed E-state index contributed by atoms with van der Waals surface area (Å²) in [5, 5.41) is 0. The number of ether oxygens (including phenoxy) is 2. The molecule has 0 aliphatic carbocycles. The van der Waals surface area contributed by atoms with Crippen LogP contribution in [0.3, 0.4) is 0 Å². The number of rotatable bonds is 5. The molecule has 2 aliphatic heterocycles. The highest BCUT2D eigenvalue weighted by Gasteiger charge is 2.44. The monoisotopic (exact) mass is 431 g/mol. The third kappa shape index (κ3) is 3.72. The minimum atomic E-state index is -1.43. The number of allylic oxidation sites excluding steroid dienone is 3. The average molecular weight is 432 g/mol. The Labute approximate surface area is 189 Å². The molecule has 4 rings (SSSR count). The largest absolute Gasteiger partial charge is 0.414 e. The Bertz CT molecular complexity index is 1080. The van der Waals surface area contributed by atoms with Crippen molar-refractivity contribution in [3.8, 4) is 0 Å². The topological polar surface area (TPSA) is 55.8 Å². The number of nitrogens with zero attached hydrogens (tertiary/aromatic N) is 1. The number of anilines is 1. The van der Waals surface area contributed by atoms with Crippen molar-refractivity contribution in [2.24, 2.45) is 0 Å². The number of cyclic esters (lactones) is 2. The van der Waals surface area contributed by atoms with Gasteiger partial charge in [-0.3, -0.25) is 0 Å². The van der Waals surface area contributed by atoms with Crippen LogP contribution in [0.4, 0.5) is 5.69 Å². The van der Waals surface area contributed by atoms with Gasteiger partial charge in [0, 0.05) is 35.8 Å². The number of hydrogen-bond donors (Lipinski definition) is 0. The molecule has 0 amide bonds. The van der Waals surface area contributed by atoms with Gasteiger partial charge in [-0.1, -0.05) is 75.7 Å². The van der Waals surface area contributed by atoms with Crippen LogP contribution < -0.4 is 4.90 Å². The van der Waals surface area contributed by atoms with Crippen LogP contribution in [0.2, 0.25) is 0 Å². The van der Waals surface area contributed by atoms with E-state index in [9.17, 15) is 9.59 Å². The molecule has 32 heavy (non-hydrogen) atoms. The Morgan fingerprint density at radius 2 is 1.50 bits per heavy atom. The Morgan fingerprint density at radius 1 is 0.875 bits per heavy atom. The summed E-state index contributed by atoms with van der Waals surface area (Å²) in [6, 6.07) is 17.3. The first-order valence-corrected chi connectivity index (χ1v) is 11.1. The van der Waals surface area contributed by atoms with Crippen LogP contribution in [0, 0.1) is 0 Å². The van der Waals surface area contributed by atoms with E-state index in [0.717, 1.165) is 25.1 Å². The molecule has 2 aliphatic rings. The van der Waals surface area contributed by atoms with Crippen LogP contribution in [-0.2, 0) is 30.3 Å². The van der Waals surface area contributed by atoms with Gasteiger partial charge in [0.05, 0.1) is 0 Å². The van der Waals surface area contributed by atoms with Crippen molar-refractivity contribution in [1.29, 1.82) is 0 Å². The molecule has 0 aromatic heterocycles. The first-order valence-electron chi connectivity index (χ1n) is 11.1. The number of carbonyl (C=O) groups is 2. The summed E-state index contributed by atoms with van der Waals surface area (Å²) in [6.07, 6.45) is 5.51. The molecule has 0 saturated carbocycles. The standard InChI is InChI=1S/C27H29NO4/c1-5-6-18-28-22-15-11-10-14-21(22)26(2,3)23(28)17-16-20-24(29)31-27(4,32-25(20)30)19-12-8-7-9-13-19/h7-17H,5-6,18H2,1-4H3. The van der Waals surface area contributed by atoms with E-state index in [-0.39, 0.29) is 11.0 Å². The van der Waals surface area contributed by atoms with Crippen molar-refractivity contribution in [1.82, 2.24) is 0 Å². The lowest BCUT2D eigenvalue weighted by molar-refractivity contribution is -0.234. The lowest BCUT2D eigenvalue weighted by Crippen LogP contribution is -2.42. The maximum absolute atomic E-state index is 12.8. The maximum atomic E-state index is 12.8. The highest BCUT2D eigenvalue weighted by atomic mass is 16.7. The molecule has 5 nitrogen and oxygen atoms in total. The zero-order valence-corrected chi connectivity index (χ0v) is 19.1. The Hall–Kier alpha value is -3.34. The van der Waals surface area contributed by atoms with Gasteiger partial charge in [-0.05, 0) is 30.2 Å². The zero-order chi connectivity index (χ0) is 22.9. The van der Waals surface area contributed by atoms with E-state index < -0.39 is 17.7 Å². The van der Waals surface area contributed by atoms with Gasteiger partial charge < -0.3 is 14.4 Å². The second-order valence-electron chi connectivity index (χ2n) is 8.87. The summed E-state index contributed by atoms with van der Waals surface area (Å²) in [6.45, 7) is 8.93. The van der Waals surface area contributed by atoms with E-state index in [1.165, 1.54) is 17.3 Å². The molecule has 0 spiro atoms. The van der Waals surface area contributed by atoms with Gasteiger partial charge in [0.25, 0.3) is 5.79 Å². The van der Waals surface area contributed by atoms with Gasteiger partial charge in [0.15, 0.2) is 0 Å². The molecule has 0 radical (unpaired) electrons. The second kappa shape index (κ2) is 8.30. The summed E-state index contributed by atoms with van der Waals surface area (Å²) in [5.74, 6) is -2.80. The highest BCUT2D eigenvalue weighted by molar-refractivity contribution is 6.15. The predicted octanol–water partition coefficient (Wildman–Crippen LogP) is 5.37. The summed E-state index contributed by atoms with van der Waals surface area (Å²) < 4.78 is 11.1. The molecule has 2 aromatic carbocycles. The molecule has 0 unspecified atom stereocenters. The normalized spacial score (nSPS) is 23.1. The molecule has 5 heteroatoms. The van der Waals surface area contributed by atoms with Crippen LogP contribution in [0.25, 0.3) is 0 Å². The van der Waals surface area contributed by atoms with Crippen LogP contribution in [0.1, 0.15) is 51.7 Å². The SMILES string of the molecule is CCCCN1C(=CC=C2C(=O)OC(C)(c3ccccc3)OC2=O)C(C)(C)c2ccccc21. The second-order valence-corrected chi connectivity index (χ2v) is 8.87. The molecule has 1 fully saturated rings. The van der Waals surface area contributed by atoms with Crippen molar-refractivity contribution < 1.29 is 19.1 Å². The Morgan fingerprint density at radius 3 is 2.16 bits per heavy atom. The Balaban J connectivity index is 1.67. The molecule has 2 aromatic rings. The maximum Gasteiger partial charge on any atom is 0.349 e. The lowest BCUT2D eigenvalue weighted by atomic mass is 9.83. The van der Waals surface area contributed by atoms with Crippen molar-refractivity contribution >= 4 is 17.6 Å². The summed E-state index contributed by atoms with van der Waals surface area (Å²) in [7, 11) is 0. The van der Waals surface area contributed by atoms with Crippen LogP contribution in [0.5, 0.6) is 0 Å². The van der Waals surface area contributed by atoms with Gasteiger partial charge >= 0.3 is 11.9 Å². The average Bonchev–Trinajstić information content (AvgIpc) is 2.99. The van der Waals surface area contributed by atoms with E-state index >= 15 is 0 Å². The minimum absolute atomic E-state index is 0.104. The number of hydrogen-bond acceptors (Lipinski definition) is 5. The molecular formula is C27H29NO4. The molecule has 166 valence electrons. The van der Waals surface area contributed by atoms with E-state index in [1.54, 1.807) is 19.1 Å². The summed E-state index contributed by atoms with van der Waals surface area (Å²) in [4.78, 5) is 27.9. The fraction of sp³-hybridized carbons (Fsp3) is 0.333. The molecular weight excluding hydrogens is 402 g/mol. The number of carbonyl (C=O) groups excluding carboxylic acids is 2. The first kappa shape index (κ1) is 21.9. The molecule has 0 N–H and O–H groups in total. The van der Waals surface area contributed by atoms with Crippen molar-refractivity contribution in [3.05, 3.63) is 89.1 Å². The number of fused-ring (bicyclic) bond motifs is 1. The van der Waals surface area contributed by atoms with Crippen molar-refractivity contribution in [2.75, 3.05) is 11.4 Å².